The predicted octanol–water partition coefficient (Wildman–Crippen LogP) is 23.5. The average Bonchev–Trinajstić information content (AvgIpc) is 3.41. The lowest BCUT2D eigenvalue weighted by molar-refractivity contribution is -0.167. The van der Waals surface area contributed by atoms with Crippen LogP contribution in [0, 0.1) is 0 Å². The maximum absolute atomic E-state index is 12.8. The third-order valence-corrected chi connectivity index (χ3v) is 16.1. The minimum atomic E-state index is -0.761. The van der Waals surface area contributed by atoms with E-state index in [0.29, 0.717) is 19.3 Å². The number of rotatable bonds is 65. The summed E-state index contributed by atoms with van der Waals surface area (Å²) in [5, 5.41) is 0. The van der Waals surface area contributed by atoms with E-state index in [4.69, 9.17) is 14.2 Å². The molecule has 0 spiro atoms. The number of hydrogen-bond donors (Lipinski definition) is 0. The number of esters is 3. The van der Waals surface area contributed by atoms with E-state index in [-0.39, 0.29) is 31.1 Å². The first-order chi connectivity index (χ1) is 37.0. The van der Waals surface area contributed by atoms with Crippen molar-refractivity contribution in [2.24, 2.45) is 0 Å². The lowest BCUT2D eigenvalue weighted by Crippen LogP contribution is -2.30. The Morgan fingerprint density at radius 3 is 0.533 bits per heavy atom. The van der Waals surface area contributed by atoms with Crippen molar-refractivity contribution >= 4 is 17.9 Å². The summed E-state index contributed by atoms with van der Waals surface area (Å²) in [6.45, 7) is 6.70. The standard InChI is InChI=1S/C69H134O6/c1-4-7-10-13-16-19-22-24-25-26-27-28-29-30-31-32-33-34-35-36-37-38-39-40-41-42-43-44-45-46-48-50-53-56-59-62-68(71)74-65-66(64-73-67(70)61-58-55-52-49-21-18-15-12-9-6-3)75-69(72)63-60-57-54-51-47-23-20-17-14-11-8-5-2/h66H,4-65H2,1-3H3. The Bertz CT molecular complexity index is 1120. The van der Waals surface area contributed by atoms with E-state index in [1.165, 1.54) is 308 Å². The zero-order valence-electron chi connectivity index (χ0n) is 51.4. The van der Waals surface area contributed by atoms with Crippen molar-refractivity contribution in [1.29, 1.82) is 0 Å². The monoisotopic (exact) mass is 1060 g/mol. The average molecular weight is 1060 g/mol. The van der Waals surface area contributed by atoms with Crippen molar-refractivity contribution in [3.05, 3.63) is 0 Å². The molecule has 1 atom stereocenters. The molecule has 0 bridgehead atoms. The topological polar surface area (TPSA) is 78.9 Å². The fraction of sp³-hybridized carbons (Fsp3) is 0.957. The van der Waals surface area contributed by atoms with Crippen LogP contribution in [0.2, 0.25) is 0 Å². The first-order valence-corrected chi connectivity index (χ1v) is 34.5. The molecule has 0 saturated heterocycles. The summed E-state index contributed by atoms with van der Waals surface area (Å²) in [4.78, 5) is 38.1. The molecule has 6 nitrogen and oxygen atoms in total. The molecule has 0 aromatic rings. The van der Waals surface area contributed by atoms with Gasteiger partial charge in [-0.1, -0.05) is 367 Å². The number of carbonyl (C=O) groups excluding carboxylic acids is 3. The van der Waals surface area contributed by atoms with E-state index in [1.54, 1.807) is 0 Å². The van der Waals surface area contributed by atoms with Crippen LogP contribution in [0.4, 0.5) is 0 Å². The molecule has 1 unspecified atom stereocenters. The number of unbranched alkanes of at least 4 members (excludes halogenated alkanes) is 54. The van der Waals surface area contributed by atoms with Gasteiger partial charge in [0.25, 0.3) is 0 Å². The molecular weight excluding hydrogens is 925 g/mol. The van der Waals surface area contributed by atoms with Gasteiger partial charge in [0.15, 0.2) is 6.10 Å². The van der Waals surface area contributed by atoms with Gasteiger partial charge >= 0.3 is 17.9 Å². The van der Waals surface area contributed by atoms with Crippen molar-refractivity contribution in [2.75, 3.05) is 13.2 Å². The maximum Gasteiger partial charge on any atom is 0.306 e. The van der Waals surface area contributed by atoms with E-state index in [2.05, 4.69) is 20.8 Å². The molecule has 0 aliphatic rings. The molecule has 0 N–H and O–H groups in total. The van der Waals surface area contributed by atoms with Crippen LogP contribution in [0.3, 0.4) is 0 Å². The van der Waals surface area contributed by atoms with E-state index in [0.717, 1.165) is 57.8 Å². The Kier molecular flexibility index (Phi) is 63.6. The van der Waals surface area contributed by atoms with Gasteiger partial charge in [-0.3, -0.25) is 14.4 Å². The Labute approximate surface area is 469 Å². The highest BCUT2D eigenvalue weighted by Gasteiger charge is 2.19. The van der Waals surface area contributed by atoms with Crippen molar-refractivity contribution in [3.63, 3.8) is 0 Å². The van der Waals surface area contributed by atoms with Crippen LogP contribution in [0.5, 0.6) is 0 Å². The van der Waals surface area contributed by atoms with E-state index < -0.39 is 6.10 Å². The quantitative estimate of drug-likeness (QED) is 0.0343. The highest BCUT2D eigenvalue weighted by Crippen LogP contribution is 2.19. The second-order valence-electron chi connectivity index (χ2n) is 23.8. The van der Waals surface area contributed by atoms with Gasteiger partial charge in [0.2, 0.25) is 0 Å². The van der Waals surface area contributed by atoms with Crippen molar-refractivity contribution in [2.45, 2.75) is 412 Å². The van der Waals surface area contributed by atoms with Gasteiger partial charge < -0.3 is 14.2 Å². The fourth-order valence-electron chi connectivity index (χ4n) is 10.9. The van der Waals surface area contributed by atoms with Gasteiger partial charge in [-0.15, -0.1) is 0 Å². The first-order valence-electron chi connectivity index (χ1n) is 34.5. The highest BCUT2D eigenvalue weighted by molar-refractivity contribution is 5.71. The minimum absolute atomic E-state index is 0.0613. The summed E-state index contributed by atoms with van der Waals surface area (Å²) < 4.78 is 16.9. The predicted molar refractivity (Wildman–Crippen MR) is 326 cm³/mol. The van der Waals surface area contributed by atoms with Crippen molar-refractivity contribution in [1.82, 2.24) is 0 Å². The normalized spacial score (nSPS) is 11.9. The van der Waals surface area contributed by atoms with Gasteiger partial charge in [-0.25, -0.2) is 0 Å². The van der Waals surface area contributed by atoms with E-state index >= 15 is 0 Å². The van der Waals surface area contributed by atoms with Gasteiger partial charge in [0, 0.05) is 19.3 Å². The Morgan fingerprint density at radius 2 is 0.360 bits per heavy atom. The molecule has 75 heavy (non-hydrogen) atoms. The smallest absolute Gasteiger partial charge is 0.306 e. The Balaban J connectivity index is 3.89. The largest absolute Gasteiger partial charge is 0.462 e. The number of ether oxygens (including phenoxy) is 3. The van der Waals surface area contributed by atoms with Crippen molar-refractivity contribution in [3.8, 4) is 0 Å². The summed E-state index contributed by atoms with van der Waals surface area (Å²) in [6, 6.07) is 0. The minimum Gasteiger partial charge on any atom is -0.462 e. The second-order valence-corrected chi connectivity index (χ2v) is 23.8. The molecule has 0 rings (SSSR count). The van der Waals surface area contributed by atoms with Gasteiger partial charge in [-0.05, 0) is 19.3 Å². The molecular formula is C69H134O6. The lowest BCUT2D eigenvalue weighted by Gasteiger charge is -2.18. The molecule has 0 aliphatic carbocycles. The second kappa shape index (κ2) is 64.9. The molecule has 0 amide bonds. The van der Waals surface area contributed by atoms with E-state index in [1.807, 2.05) is 0 Å². The van der Waals surface area contributed by atoms with Gasteiger partial charge in [0.1, 0.15) is 13.2 Å². The molecule has 0 saturated carbocycles. The first kappa shape index (κ1) is 73.4. The fourth-order valence-corrected chi connectivity index (χ4v) is 10.9. The molecule has 0 heterocycles. The van der Waals surface area contributed by atoms with Crippen LogP contribution in [0.15, 0.2) is 0 Å². The van der Waals surface area contributed by atoms with Gasteiger partial charge in [-0.2, -0.15) is 0 Å². The molecule has 0 fully saturated rings. The van der Waals surface area contributed by atoms with Crippen LogP contribution in [0.25, 0.3) is 0 Å². The number of hydrogen-bond acceptors (Lipinski definition) is 6. The van der Waals surface area contributed by atoms with Crippen molar-refractivity contribution < 1.29 is 28.6 Å². The Morgan fingerprint density at radius 1 is 0.213 bits per heavy atom. The van der Waals surface area contributed by atoms with E-state index in [9.17, 15) is 14.4 Å². The summed E-state index contributed by atoms with van der Waals surface area (Å²) >= 11 is 0. The highest BCUT2D eigenvalue weighted by atomic mass is 16.6. The summed E-state index contributed by atoms with van der Waals surface area (Å²) in [6.07, 6.45) is 76.0. The molecule has 0 aromatic heterocycles. The third kappa shape index (κ3) is 63.1. The zero-order chi connectivity index (χ0) is 54.3. The molecule has 0 aliphatic heterocycles. The third-order valence-electron chi connectivity index (χ3n) is 16.1. The van der Waals surface area contributed by atoms with Crippen LogP contribution in [0.1, 0.15) is 406 Å². The molecule has 6 heteroatoms. The lowest BCUT2D eigenvalue weighted by atomic mass is 10.0. The summed E-state index contributed by atoms with van der Waals surface area (Å²) in [7, 11) is 0. The SMILES string of the molecule is CCCCCCCCCCCCCCCCCCCCCCCCCCCCCCCCCCCCCC(=O)OCC(COC(=O)CCCCCCCCCCCC)OC(=O)CCCCCCCCCCCCCC. The maximum atomic E-state index is 12.8. The molecule has 0 radical (unpaired) electrons. The zero-order valence-corrected chi connectivity index (χ0v) is 51.4. The summed E-state index contributed by atoms with van der Waals surface area (Å²) in [5.74, 6) is -0.833. The van der Waals surface area contributed by atoms with Crippen LogP contribution < -0.4 is 0 Å². The van der Waals surface area contributed by atoms with Crippen LogP contribution >= 0.6 is 0 Å². The van der Waals surface area contributed by atoms with Gasteiger partial charge in [0.05, 0.1) is 0 Å². The molecule has 446 valence electrons. The number of carbonyl (C=O) groups is 3. The van der Waals surface area contributed by atoms with Crippen LogP contribution in [-0.2, 0) is 28.6 Å². The molecule has 0 aromatic carbocycles. The summed E-state index contributed by atoms with van der Waals surface area (Å²) in [5.41, 5.74) is 0. The van der Waals surface area contributed by atoms with Crippen LogP contribution in [-0.4, -0.2) is 37.2 Å². The Hall–Kier alpha value is -1.59.